The fraction of sp³-hybridized carbons (Fsp3) is 0.500. The first-order valence-electron chi connectivity index (χ1n) is 6.38. The minimum Gasteiger partial charge on any atom is -0.298 e. The van der Waals surface area contributed by atoms with Crippen LogP contribution in [0, 0.1) is 23.1 Å². The number of piperidine rings is 1. The van der Waals surface area contributed by atoms with Crippen molar-refractivity contribution in [2.24, 2.45) is 5.92 Å². The first-order valence-corrected chi connectivity index (χ1v) is 6.38. The molecule has 0 spiro atoms. The molecule has 2 rings (SSSR count). The van der Waals surface area contributed by atoms with Crippen molar-refractivity contribution < 1.29 is 17.6 Å². The van der Waals surface area contributed by atoms with Crippen LogP contribution < -0.4 is 0 Å². The zero-order valence-corrected chi connectivity index (χ0v) is 10.8. The Morgan fingerprint density at radius 1 is 1.35 bits per heavy atom. The highest BCUT2D eigenvalue weighted by atomic mass is 19.4. The minimum absolute atomic E-state index is 0.0770. The van der Waals surface area contributed by atoms with Crippen LogP contribution in [0.5, 0.6) is 0 Å². The number of nitriles is 1. The Morgan fingerprint density at radius 2 is 2.10 bits per heavy atom. The van der Waals surface area contributed by atoms with Crippen molar-refractivity contribution in [3.8, 4) is 6.07 Å². The first-order chi connectivity index (χ1) is 9.41. The van der Waals surface area contributed by atoms with Gasteiger partial charge in [-0.1, -0.05) is 12.1 Å². The van der Waals surface area contributed by atoms with E-state index in [1.807, 2.05) is 0 Å². The van der Waals surface area contributed by atoms with Gasteiger partial charge in [0.15, 0.2) is 0 Å². The van der Waals surface area contributed by atoms with Crippen LogP contribution in [0.15, 0.2) is 18.2 Å². The lowest BCUT2D eigenvalue weighted by molar-refractivity contribution is -0.187. The summed E-state index contributed by atoms with van der Waals surface area (Å²) < 4.78 is 52.0. The number of rotatable bonds is 2. The normalized spacial score (nSPS) is 20.6. The molecule has 0 saturated carbocycles. The van der Waals surface area contributed by atoms with Gasteiger partial charge in [-0.3, -0.25) is 4.90 Å². The summed E-state index contributed by atoms with van der Waals surface area (Å²) in [5, 5.41) is 8.75. The number of likely N-dealkylation sites (tertiary alicyclic amines) is 1. The summed E-state index contributed by atoms with van der Waals surface area (Å²) in [6.07, 6.45) is -3.63. The summed E-state index contributed by atoms with van der Waals surface area (Å²) in [6.45, 7) is 0.510. The van der Waals surface area contributed by atoms with Gasteiger partial charge in [0.1, 0.15) is 11.9 Å². The van der Waals surface area contributed by atoms with E-state index in [2.05, 4.69) is 0 Å². The van der Waals surface area contributed by atoms with E-state index in [0.717, 1.165) is 0 Å². The van der Waals surface area contributed by atoms with Gasteiger partial charge in [0.2, 0.25) is 0 Å². The van der Waals surface area contributed by atoms with E-state index in [-0.39, 0.29) is 30.6 Å². The van der Waals surface area contributed by atoms with Gasteiger partial charge in [0, 0.05) is 18.7 Å². The predicted octanol–water partition coefficient (Wildman–Crippen LogP) is 3.47. The van der Waals surface area contributed by atoms with E-state index in [4.69, 9.17) is 5.26 Å². The summed E-state index contributed by atoms with van der Waals surface area (Å²) in [6, 6.07) is 6.14. The quantitative estimate of drug-likeness (QED) is 0.778. The van der Waals surface area contributed by atoms with Crippen LogP contribution >= 0.6 is 0 Å². The van der Waals surface area contributed by atoms with E-state index in [0.29, 0.717) is 13.0 Å². The predicted molar refractivity (Wildman–Crippen MR) is 65.2 cm³/mol. The smallest absolute Gasteiger partial charge is 0.298 e. The molecule has 1 heterocycles. The third-order valence-electron chi connectivity index (χ3n) is 3.56. The Morgan fingerprint density at radius 3 is 2.75 bits per heavy atom. The third kappa shape index (κ3) is 3.28. The van der Waals surface area contributed by atoms with E-state index < -0.39 is 17.9 Å². The Balaban J connectivity index is 2.09. The second-order valence-electron chi connectivity index (χ2n) is 5.01. The van der Waals surface area contributed by atoms with E-state index in [1.165, 1.54) is 12.1 Å². The van der Waals surface area contributed by atoms with Gasteiger partial charge in [0.25, 0.3) is 0 Å². The van der Waals surface area contributed by atoms with Gasteiger partial charge < -0.3 is 0 Å². The Kier molecular flexibility index (Phi) is 4.29. The molecule has 0 aromatic heterocycles. The minimum atomic E-state index is -4.20. The summed E-state index contributed by atoms with van der Waals surface area (Å²) >= 11 is 0. The molecule has 2 nitrogen and oxygen atoms in total. The summed E-state index contributed by atoms with van der Waals surface area (Å²) in [5.41, 5.74) is 0.193. The Bertz CT molecular complexity index is 519. The number of nitrogens with zero attached hydrogens (tertiary/aromatic N) is 2. The van der Waals surface area contributed by atoms with Crippen LogP contribution in [0.3, 0.4) is 0 Å². The van der Waals surface area contributed by atoms with Gasteiger partial charge in [0.05, 0.1) is 11.5 Å². The topological polar surface area (TPSA) is 27.0 Å². The molecule has 1 aromatic rings. The van der Waals surface area contributed by atoms with Crippen molar-refractivity contribution >= 4 is 0 Å². The number of halogens is 4. The molecule has 0 bridgehead atoms. The number of benzene rings is 1. The summed E-state index contributed by atoms with van der Waals surface area (Å²) in [7, 11) is 0. The molecule has 1 aliphatic heterocycles. The molecule has 108 valence electrons. The average molecular weight is 286 g/mol. The highest BCUT2D eigenvalue weighted by Crippen LogP contribution is 2.33. The molecule has 1 saturated heterocycles. The highest BCUT2D eigenvalue weighted by molar-refractivity contribution is 5.34. The molecule has 0 radical (unpaired) electrons. The van der Waals surface area contributed by atoms with Gasteiger partial charge in [-0.15, -0.1) is 0 Å². The van der Waals surface area contributed by atoms with Crippen LogP contribution in [0.1, 0.15) is 24.0 Å². The Hall–Kier alpha value is -1.61. The van der Waals surface area contributed by atoms with Crippen LogP contribution in [0.2, 0.25) is 0 Å². The van der Waals surface area contributed by atoms with E-state index in [1.54, 1.807) is 17.0 Å². The van der Waals surface area contributed by atoms with Gasteiger partial charge in [-0.2, -0.15) is 18.4 Å². The second-order valence-corrected chi connectivity index (χ2v) is 5.01. The maximum absolute atomic E-state index is 13.9. The fourth-order valence-corrected chi connectivity index (χ4v) is 2.50. The maximum atomic E-state index is 13.9. The molecule has 0 amide bonds. The van der Waals surface area contributed by atoms with Crippen LogP contribution in [0.4, 0.5) is 17.6 Å². The zero-order chi connectivity index (χ0) is 14.8. The van der Waals surface area contributed by atoms with Crippen molar-refractivity contribution in [1.29, 1.82) is 5.26 Å². The highest BCUT2D eigenvalue weighted by Gasteiger charge is 2.41. The average Bonchev–Trinajstić information content (AvgIpc) is 2.40. The van der Waals surface area contributed by atoms with Crippen molar-refractivity contribution in [2.75, 3.05) is 13.1 Å². The monoisotopic (exact) mass is 286 g/mol. The maximum Gasteiger partial charge on any atom is 0.393 e. The standard InChI is InChI=1S/C14H14F4N2/c15-13-10(7-19)3-1-4-11(13)8-20-6-2-5-12(9-20)14(16,17)18/h1,3-4,12H,2,5-6,8-9H2. The molecule has 0 aliphatic carbocycles. The number of alkyl halides is 3. The summed E-state index contributed by atoms with van der Waals surface area (Å²) in [5.74, 6) is -1.98. The van der Waals surface area contributed by atoms with Gasteiger partial charge in [-0.05, 0) is 25.5 Å². The van der Waals surface area contributed by atoms with E-state index >= 15 is 0 Å². The molecule has 1 unspecified atom stereocenters. The molecule has 20 heavy (non-hydrogen) atoms. The molecular formula is C14H14F4N2. The Labute approximate surface area is 114 Å². The molecular weight excluding hydrogens is 272 g/mol. The van der Waals surface area contributed by atoms with Crippen LogP contribution in [0.25, 0.3) is 0 Å². The van der Waals surface area contributed by atoms with Gasteiger partial charge in [-0.25, -0.2) is 4.39 Å². The first kappa shape index (κ1) is 14.8. The van der Waals surface area contributed by atoms with Crippen LogP contribution in [-0.2, 0) is 6.54 Å². The number of hydrogen-bond acceptors (Lipinski definition) is 2. The molecule has 6 heteroatoms. The SMILES string of the molecule is N#Cc1cccc(CN2CCCC(C(F)(F)F)C2)c1F. The lowest BCUT2D eigenvalue weighted by Crippen LogP contribution is -2.41. The van der Waals surface area contributed by atoms with E-state index in [9.17, 15) is 17.6 Å². The summed E-state index contributed by atoms with van der Waals surface area (Å²) in [4.78, 5) is 1.60. The van der Waals surface area contributed by atoms with Crippen molar-refractivity contribution in [3.63, 3.8) is 0 Å². The second kappa shape index (κ2) is 5.80. The number of hydrogen-bond donors (Lipinski definition) is 0. The molecule has 1 fully saturated rings. The third-order valence-corrected chi connectivity index (χ3v) is 3.56. The molecule has 1 aliphatic rings. The lowest BCUT2D eigenvalue weighted by atomic mass is 9.97. The van der Waals surface area contributed by atoms with Crippen LogP contribution in [-0.4, -0.2) is 24.2 Å². The fourth-order valence-electron chi connectivity index (χ4n) is 2.50. The van der Waals surface area contributed by atoms with Gasteiger partial charge >= 0.3 is 6.18 Å². The largest absolute Gasteiger partial charge is 0.393 e. The molecule has 1 aromatic carbocycles. The van der Waals surface area contributed by atoms with Crippen molar-refractivity contribution in [3.05, 3.63) is 35.1 Å². The lowest BCUT2D eigenvalue weighted by Gasteiger charge is -2.33. The molecule has 0 N–H and O–H groups in total. The molecule has 1 atom stereocenters. The van der Waals surface area contributed by atoms with Crippen molar-refractivity contribution in [1.82, 2.24) is 4.90 Å². The zero-order valence-electron chi connectivity index (χ0n) is 10.8. The van der Waals surface area contributed by atoms with Crippen molar-refractivity contribution in [2.45, 2.75) is 25.6 Å².